The molecule has 0 aliphatic carbocycles. The molecule has 0 saturated carbocycles. The first-order chi connectivity index (χ1) is 14.0. The fraction of sp³-hybridized carbons (Fsp3) is 0.409. The Labute approximate surface area is 170 Å². The van der Waals surface area contributed by atoms with E-state index in [1.807, 2.05) is 56.3 Å². The van der Waals surface area contributed by atoms with Crippen LogP contribution in [0.1, 0.15) is 20.3 Å². The number of carbonyl (C=O) groups is 3. The third kappa shape index (κ3) is 5.25. The standard InChI is InChI=1S/C22H27N3O4/c1-15(2)14-29-21(27)12-19-22(28)23-10-11-25(19)20(26)13-24-18-9-5-7-16-6-3-4-8-17(16)18/h3-9,15,19,24H,10-14H2,1-2H3,(H,23,28). The minimum atomic E-state index is -0.842. The lowest BCUT2D eigenvalue weighted by molar-refractivity contribution is -0.152. The Morgan fingerprint density at radius 3 is 2.76 bits per heavy atom. The van der Waals surface area contributed by atoms with E-state index in [1.165, 1.54) is 4.90 Å². The second-order valence-corrected chi connectivity index (χ2v) is 7.56. The van der Waals surface area contributed by atoms with Crippen LogP contribution in [0.5, 0.6) is 0 Å². The molecule has 2 amide bonds. The van der Waals surface area contributed by atoms with Crippen LogP contribution in [0.2, 0.25) is 0 Å². The number of esters is 1. The predicted octanol–water partition coefficient (Wildman–Crippen LogP) is 2.17. The molecule has 7 heteroatoms. The van der Waals surface area contributed by atoms with Crippen LogP contribution in [0, 0.1) is 5.92 Å². The molecule has 1 fully saturated rings. The number of rotatable bonds is 7. The molecular formula is C22H27N3O4. The van der Waals surface area contributed by atoms with Gasteiger partial charge in [-0.3, -0.25) is 14.4 Å². The summed E-state index contributed by atoms with van der Waals surface area (Å²) in [6.45, 7) is 4.95. The smallest absolute Gasteiger partial charge is 0.308 e. The molecule has 2 aromatic carbocycles. The largest absolute Gasteiger partial charge is 0.465 e. The van der Waals surface area contributed by atoms with Crippen molar-refractivity contribution in [1.29, 1.82) is 0 Å². The van der Waals surface area contributed by atoms with Crippen molar-refractivity contribution in [2.45, 2.75) is 26.3 Å². The van der Waals surface area contributed by atoms with Crippen molar-refractivity contribution in [2.75, 3.05) is 31.6 Å². The van der Waals surface area contributed by atoms with Crippen molar-refractivity contribution >= 4 is 34.2 Å². The van der Waals surface area contributed by atoms with Crippen LogP contribution in [-0.4, -0.2) is 55.0 Å². The van der Waals surface area contributed by atoms with Crippen molar-refractivity contribution in [1.82, 2.24) is 10.2 Å². The number of amides is 2. The lowest BCUT2D eigenvalue weighted by Crippen LogP contribution is -2.58. The number of carbonyl (C=O) groups excluding carboxylic acids is 3. The highest BCUT2D eigenvalue weighted by Gasteiger charge is 2.35. The number of hydrogen-bond donors (Lipinski definition) is 2. The molecule has 2 N–H and O–H groups in total. The summed E-state index contributed by atoms with van der Waals surface area (Å²) in [6.07, 6.45) is -0.140. The Morgan fingerprint density at radius 1 is 1.21 bits per heavy atom. The molecule has 1 saturated heterocycles. The molecular weight excluding hydrogens is 370 g/mol. The fourth-order valence-corrected chi connectivity index (χ4v) is 3.34. The molecule has 1 aliphatic rings. The molecule has 1 unspecified atom stereocenters. The number of nitrogens with zero attached hydrogens (tertiary/aromatic N) is 1. The normalized spacial score (nSPS) is 16.6. The molecule has 1 atom stereocenters. The summed E-state index contributed by atoms with van der Waals surface area (Å²) in [5.41, 5.74) is 0.853. The highest BCUT2D eigenvalue weighted by Crippen LogP contribution is 2.23. The molecule has 0 aromatic heterocycles. The highest BCUT2D eigenvalue weighted by molar-refractivity contribution is 5.96. The molecule has 1 aliphatic heterocycles. The van der Waals surface area contributed by atoms with Gasteiger partial charge < -0.3 is 20.3 Å². The van der Waals surface area contributed by atoms with E-state index >= 15 is 0 Å². The summed E-state index contributed by atoms with van der Waals surface area (Å²) < 4.78 is 5.19. The zero-order valence-electron chi connectivity index (χ0n) is 16.8. The lowest BCUT2D eigenvalue weighted by atomic mass is 10.1. The lowest BCUT2D eigenvalue weighted by Gasteiger charge is -2.34. The van der Waals surface area contributed by atoms with E-state index in [9.17, 15) is 14.4 Å². The van der Waals surface area contributed by atoms with Crippen LogP contribution in [0.3, 0.4) is 0 Å². The van der Waals surface area contributed by atoms with E-state index in [2.05, 4.69) is 10.6 Å². The Bertz CT molecular complexity index is 891. The molecule has 29 heavy (non-hydrogen) atoms. The summed E-state index contributed by atoms with van der Waals surface area (Å²) in [4.78, 5) is 38.7. The van der Waals surface area contributed by atoms with Gasteiger partial charge in [-0.2, -0.15) is 0 Å². The minimum Gasteiger partial charge on any atom is -0.465 e. The highest BCUT2D eigenvalue weighted by atomic mass is 16.5. The molecule has 0 bridgehead atoms. The van der Waals surface area contributed by atoms with Crippen LogP contribution in [-0.2, 0) is 19.1 Å². The Balaban J connectivity index is 1.65. The molecule has 3 rings (SSSR count). The predicted molar refractivity (Wildman–Crippen MR) is 111 cm³/mol. The van der Waals surface area contributed by atoms with E-state index in [1.54, 1.807) is 0 Å². The SMILES string of the molecule is CC(C)COC(=O)CC1C(=O)NCCN1C(=O)CNc1cccc2ccccc12. The molecule has 154 valence electrons. The maximum atomic E-state index is 12.8. The summed E-state index contributed by atoms with van der Waals surface area (Å²) in [7, 11) is 0. The van der Waals surface area contributed by atoms with Crippen molar-refractivity contribution < 1.29 is 19.1 Å². The van der Waals surface area contributed by atoms with E-state index in [-0.39, 0.29) is 30.7 Å². The van der Waals surface area contributed by atoms with Gasteiger partial charge in [-0.25, -0.2) is 0 Å². The van der Waals surface area contributed by atoms with Gasteiger partial charge in [0, 0.05) is 24.2 Å². The quantitative estimate of drug-likeness (QED) is 0.699. The van der Waals surface area contributed by atoms with Gasteiger partial charge in [0.15, 0.2) is 0 Å². The van der Waals surface area contributed by atoms with Gasteiger partial charge in [0.05, 0.1) is 19.6 Å². The summed E-state index contributed by atoms with van der Waals surface area (Å²) in [5.74, 6) is -0.812. The van der Waals surface area contributed by atoms with Gasteiger partial charge in [-0.15, -0.1) is 0 Å². The average Bonchev–Trinajstić information content (AvgIpc) is 2.72. The fourth-order valence-electron chi connectivity index (χ4n) is 3.34. The monoisotopic (exact) mass is 397 g/mol. The molecule has 2 aromatic rings. The first kappa shape index (κ1) is 20.6. The van der Waals surface area contributed by atoms with E-state index in [4.69, 9.17) is 4.74 Å². The maximum Gasteiger partial charge on any atom is 0.308 e. The second-order valence-electron chi connectivity index (χ2n) is 7.56. The topological polar surface area (TPSA) is 87.7 Å². The number of anilines is 1. The maximum absolute atomic E-state index is 12.8. The average molecular weight is 397 g/mol. The first-order valence-corrected chi connectivity index (χ1v) is 9.90. The van der Waals surface area contributed by atoms with Crippen molar-refractivity contribution in [3.63, 3.8) is 0 Å². The van der Waals surface area contributed by atoms with Crippen molar-refractivity contribution in [3.8, 4) is 0 Å². The van der Waals surface area contributed by atoms with E-state index in [0.717, 1.165) is 16.5 Å². The number of fused-ring (bicyclic) bond motifs is 1. The number of ether oxygens (including phenoxy) is 1. The number of piperazine rings is 1. The summed E-state index contributed by atoms with van der Waals surface area (Å²) in [5, 5.41) is 8.00. The van der Waals surface area contributed by atoms with Gasteiger partial charge in [0.25, 0.3) is 0 Å². The summed E-state index contributed by atoms with van der Waals surface area (Å²) >= 11 is 0. The molecule has 1 heterocycles. The first-order valence-electron chi connectivity index (χ1n) is 9.90. The third-order valence-electron chi connectivity index (χ3n) is 4.81. The Kier molecular flexibility index (Phi) is 6.69. The van der Waals surface area contributed by atoms with Crippen LogP contribution in [0.25, 0.3) is 10.8 Å². The van der Waals surface area contributed by atoms with Crippen LogP contribution in [0.15, 0.2) is 42.5 Å². The van der Waals surface area contributed by atoms with E-state index < -0.39 is 12.0 Å². The van der Waals surface area contributed by atoms with Gasteiger partial charge in [-0.05, 0) is 17.4 Å². The number of nitrogens with one attached hydrogen (secondary N) is 2. The van der Waals surface area contributed by atoms with Crippen molar-refractivity contribution in [2.24, 2.45) is 5.92 Å². The van der Waals surface area contributed by atoms with Crippen LogP contribution < -0.4 is 10.6 Å². The van der Waals surface area contributed by atoms with Gasteiger partial charge in [0.2, 0.25) is 11.8 Å². The van der Waals surface area contributed by atoms with Crippen LogP contribution >= 0.6 is 0 Å². The van der Waals surface area contributed by atoms with Gasteiger partial charge >= 0.3 is 5.97 Å². The second kappa shape index (κ2) is 9.41. The van der Waals surface area contributed by atoms with Crippen molar-refractivity contribution in [3.05, 3.63) is 42.5 Å². The molecule has 0 spiro atoms. The zero-order chi connectivity index (χ0) is 20.8. The van der Waals surface area contributed by atoms with E-state index in [0.29, 0.717) is 19.7 Å². The number of benzene rings is 2. The Hall–Kier alpha value is -3.09. The van der Waals surface area contributed by atoms with Gasteiger partial charge in [-0.1, -0.05) is 50.2 Å². The minimum absolute atomic E-state index is 0.0405. The molecule has 7 nitrogen and oxygen atoms in total. The zero-order valence-corrected chi connectivity index (χ0v) is 16.8. The Morgan fingerprint density at radius 2 is 1.97 bits per heavy atom. The van der Waals surface area contributed by atoms with Crippen LogP contribution in [0.4, 0.5) is 5.69 Å². The summed E-state index contributed by atoms with van der Waals surface area (Å²) in [6, 6.07) is 12.9. The number of hydrogen-bond acceptors (Lipinski definition) is 5. The third-order valence-corrected chi connectivity index (χ3v) is 4.81. The molecule has 0 radical (unpaired) electrons. The van der Waals surface area contributed by atoms with Gasteiger partial charge in [0.1, 0.15) is 6.04 Å².